The first-order valence-electron chi connectivity index (χ1n) is 15.6. The minimum Gasteiger partial charge on any atom is -0.481 e. The number of hydrogen-bond acceptors (Lipinski definition) is 3. The van der Waals surface area contributed by atoms with E-state index in [0.717, 1.165) is 38.5 Å². The summed E-state index contributed by atoms with van der Waals surface area (Å²) in [5.41, 5.74) is 0.599. The molecule has 6 aliphatic rings. The Balaban J connectivity index is 1.37. The van der Waals surface area contributed by atoms with Crippen LogP contribution < -0.4 is 0 Å². The zero-order valence-electron chi connectivity index (χ0n) is 24.6. The van der Waals surface area contributed by atoms with Crippen LogP contribution in [0.2, 0.25) is 0 Å². The molecule has 0 aromatic carbocycles. The minimum atomic E-state index is -0.486. The Kier molecular flexibility index (Phi) is 5.50. The number of rotatable bonds is 3. The highest BCUT2D eigenvalue weighted by molar-refractivity contribution is 5.76. The van der Waals surface area contributed by atoms with Gasteiger partial charge in [0.05, 0.1) is 5.41 Å². The van der Waals surface area contributed by atoms with Gasteiger partial charge >= 0.3 is 11.9 Å². The zero-order chi connectivity index (χ0) is 26.8. The molecule has 0 saturated heterocycles. The molecule has 208 valence electrons. The van der Waals surface area contributed by atoms with Crippen molar-refractivity contribution in [3.05, 3.63) is 0 Å². The molecule has 37 heavy (non-hydrogen) atoms. The molecule has 0 heterocycles. The highest BCUT2D eigenvalue weighted by Crippen LogP contribution is 2.79. The molecule has 0 aliphatic heterocycles. The second kappa shape index (κ2) is 7.78. The van der Waals surface area contributed by atoms with Gasteiger partial charge in [-0.05, 0) is 128 Å². The van der Waals surface area contributed by atoms with Gasteiger partial charge in [-0.25, -0.2) is 0 Å². The standard InChI is InChI=1S/C33H52O4/c1-20(34)37-25-12-13-30(5)23(28(25,2)3)11-14-32(7)24(30)9-8-22-26-21(29(4)16-17-29)10-15-33(26,27(35)36)19-18-31(22,32)6/h21-26H,8-19H2,1-7H3,(H,35,36)/t21-,22-,23+,24?,25+,26-,30+,31-,32-,33+/m1/s1. The smallest absolute Gasteiger partial charge is 0.309 e. The third-order valence-electron chi connectivity index (χ3n) is 15.0. The molecule has 4 nitrogen and oxygen atoms in total. The molecule has 0 spiro atoms. The number of aliphatic carboxylic acids is 1. The molecule has 4 heteroatoms. The summed E-state index contributed by atoms with van der Waals surface area (Å²) in [5.74, 6) is 2.08. The monoisotopic (exact) mass is 512 g/mol. The lowest BCUT2D eigenvalue weighted by atomic mass is 9.32. The van der Waals surface area contributed by atoms with Crippen LogP contribution in [0.5, 0.6) is 0 Å². The normalized spacial score (nSPS) is 53.2. The first-order chi connectivity index (χ1) is 17.2. The molecule has 0 amide bonds. The van der Waals surface area contributed by atoms with Gasteiger partial charge in [-0.1, -0.05) is 41.5 Å². The maximum atomic E-state index is 13.0. The Morgan fingerprint density at radius 2 is 1.41 bits per heavy atom. The van der Waals surface area contributed by atoms with E-state index in [1.807, 2.05) is 0 Å². The molecule has 0 aromatic heterocycles. The van der Waals surface area contributed by atoms with E-state index in [-0.39, 0.29) is 33.7 Å². The molecule has 6 rings (SSSR count). The Morgan fingerprint density at radius 3 is 2.03 bits per heavy atom. The summed E-state index contributed by atoms with van der Waals surface area (Å²) in [6, 6.07) is 0. The van der Waals surface area contributed by atoms with Crippen molar-refractivity contribution in [2.45, 2.75) is 132 Å². The minimum absolute atomic E-state index is 0.0140. The van der Waals surface area contributed by atoms with E-state index < -0.39 is 11.4 Å². The molecule has 6 aliphatic carbocycles. The maximum Gasteiger partial charge on any atom is 0.309 e. The average Bonchev–Trinajstić information content (AvgIpc) is 3.41. The van der Waals surface area contributed by atoms with Crippen LogP contribution in [-0.2, 0) is 14.3 Å². The highest BCUT2D eigenvalue weighted by atomic mass is 16.5. The van der Waals surface area contributed by atoms with E-state index in [1.54, 1.807) is 6.92 Å². The van der Waals surface area contributed by atoms with Crippen LogP contribution in [0.4, 0.5) is 0 Å². The molecular weight excluding hydrogens is 460 g/mol. The van der Waals surface area contributed by atoms with Crippen molar-refractivity contribution in [1.29, 1.82) is 0 Å². The number of esters is 1. The van der Waals surface area contributed by atoms with Crippen LogP contribution in [0.25, 0.3) is 0 Å². The fourth-order valence-electron chi connectivity index (χ4n) is 12.7. The fourth-order valence-corrected chi connectivity index (χ4v) is 12.7. The van der Waals surface area contributed by atoms with Crippen molar-refractivity contribution in [3.63, 3.8) is 0 Å². The van der Waals surface area contributed by atoms with Crippen molar-refractivity contribution < 1.29 is 19.4 Å². The van der Waals surface area contributed by atoms with Gasteiger partial charge in [-0.15, -0.1) is 0 Å². The third kappa shape index (κ3) is 3.19. The van der Waals surface area contributed by atoms with Crippen molar-refractivity contribution in [1.82, 2.24) is 0 Å². The lowest BCUT2D eigenvalue weighted by molar-refractivity contribution is -0.252. The SMILES string of the molecule is CC(=O)O[C@H]1CC[C@]2(C)C3CC[C@@H]4[C@H]5[C@H](C6(C)CC6)CC[C@]5(C(=O)O)CC[C@@]4(C)[C@]3(C)CC[C@H]2C1(C)C. The summed E-state index contributed by atoms with van der Waals surface area (Å²) < 4.78 is 5.90. The van der Waals surface area contributed by atoms with Gasteiger partial charge in [0.1, 0.15) is 6.10 Å². The Hall–Kier alpha value is -1.06. The molecule has 10 atom stereocenters. The van der Waals surface area contributed by atoms with E-state index in [2.05, 4.69) is 41.5 Å². The Bertz CT molecular complexity index is 996. The molecular formula is C33H52O4. The first kappa shape index (κ1) is 26.2. The molecule has 6 saturated carbocycles. The number of hydrogen-bond donors (Lipinski definition) is 1. The number of carbonyl (C=O) groups excluding carboxylic acids is 1. The fraction of sp³-hybridized carbons (Fsp3) is 0.939. The third-order valence-corrected chi connectivity index (χ3v) is 15.0. The van der Waals surface area contributed by atoms with Gasteiger partial charge in [0, 0.05) is 12.3 Å². The van der Waals surface area contributed by atoms with Crippen molar-refractivity contribution in [3.8, 4) is 0 Å². The largest absolute Gasteiger partial charge is 0.481 e. The summed E-state index contributed by atoms with van der Waals surface area (Å²) in [6.45, 7) is 16.6. The second-order valence-corrected chi connectivity index (χ2v) is 16.4. The van der Waals surface area contributed by atoms with Crippen LogP contribution in [0.15, 0.2) is 0 Å². The van der Waals surface area contributed by atoms with Crippen molar-refractivity contribution in [2.75, 3.05) is 0 Å². The summed E-state index contributed by atoms with van der Waals surface area (Å²) in [7, 11) is 0. The topological polar surface area (TPSA) is 63.6 Å². The van der Waals surface area contributed by atoms with Gasteiger partial charge in [0.25, 0.3) is 0 Å². The average molecular weight is 513 g/mol. The van der Waals surface area contributed by atoms with Crippen LogP contribution in [0.1, 0.15) is 126 Å². The van der Waals surface area contributed by atoms with Crippen LogP contribution in [-0.4, -0.2) is 23.1 Å². The molecule has 6 fully saturated rings. The molecule has 1 N–H and O–H groups in total. The van der Waals surface area contributed by atoms with E-state index in [0.29, 0.717) is 35.0 Å². The number of ether oxygens (including phenoxy) is 1. The lowest BCUT2D eigenvalue weighted by Crippen LogP contribution is -2.67. The van der Waals surface area contributed by atoms with E-state index in [1.165, 1.54) is 38.5 Å². The summed E-state index contributed by atoms with van der Waals surface area (Å²) >= 11 is 0. The Morgan fingerprint density at radius 1 is 0.703 bits per heavy atom. The van der Waals surface area contributed by atoms with Gasteiger partial charge in [-0.3, -0.25) is 9.59 Å². The summed E-state index contributed by atoms with van der Waals surface area (Å²) in [4.78, 5) is 24.9. The number of carboxylic acids is 1. The maximum absolute atomic E-state index is 13.0. The van der Waals surface area contributed by atoms with E-state index in [4.69, 9.17) is 4.74 Å². The van der Waals surface area contributed by atoms with Gasteiger partial charge in [0.2, 0.25) is 0 Å². The predicted octanol–water partition coefficient (Wildman–Crippen LogP) is 7.88. The Labute approximate surface area is 225 Å². The molecule has 1 unspecified atom stereocenters. The van der Waals surface area contributed by atoms with Gasteiger partial charge in [-0.2, -0.15) is 0 Å². The van der Waals surface area contributed by atoms with Crippen LogP contribution in [0.3, 0.4) is 0 Å². The predicted molar refractivity (Wildman–Crippen MR) is 145 cm³/mol. The summed E-state index contributed by atoms with van der Waals surface area (Å²) in [6.07, 6.45) is 13.6. The number of carbonyl (C=O) groups is 2. The van der Waals surface area contributed by atoms with Crippen molar-refractivity contribution >= 4 is 11.9 Å². The summed E-state index contributed by atoms with van der Waals surface area (Å²) in [5, 5.41) is 10.7. The van der Waals surface area contributed by atoms with Gasteiger partial charge < -0.3 is 9.84 Å². The first-order valence-corrected chi connectivity index (χ1v) is 15.6. The zero-order valence-corrected chi connectivity index (χ0v) is 24.6. The quantitative estimate of drug-likeness (QED) is 0.391. The highest BCUT2D eigenvalue weighted by Gasteiger charge is 2.73. The van der Waals surface area contributed by atoms with E-state index >= 15 is 0 Å². The lowest BCUT2D eigenvalue weighted by Gasteiger charge is -2.72. The van der Waals surface area contributed by atoms with Crippen LogP contribution >= 0.6 is 0 Å². The molecule has 0 aromatic rings. The van der Waals surface area contributed by atoms with Crippen LogP contribution in [0, 0.1) is 62.1 Å². The molecule has 0 radical (unpaired) electrons. The number of carboxylic acid groups (broad SMARTS) is 1. The second-order valence-electron chi connectivity index (χ2n) is 16.4. The van der Waals surface area contributed by atoms with E-state index in [9.17, 15) is 14.7 Å². The molecule has 0 bridgehead atoms. The number of fused-ring (bicyclic) bond motifs is 7. The van der Waals surface area contributed by atoms with Gasteiger partial charge in [0.15, 0.2) is 0 Å². The van der Waals surface area contributed by atoms with Crippen molar-refractivity contribution in [2.24, 2.45) is 62.1 Å².